The Labute approximate surface area is 97.7 Å². The van der Waals surface area contributed by atoms with Gasteiger partial charge in [0.1, 0.15) is 0 Å². The van der Waals surface area contributed by atoms with Gasteiger partial charge in [-0.2, -0.15) is 0 Å². The van der Waals surface area contributed by atoms with E-state index in [0.717, 1.165) is 6.54 Å². The third kappa shape index (κ3) is 3.20. The molecule has 0 amide bonds. The molecule has 0 aliphatic heterocycles. The van der Waals surface area contributed by atoms with Crippen LogP contribution < -0.4 is 5.09 Å². The van der Waals surface area contributed by atoms with Crippen LogP contribution in [-0.4, -0.2) is 32.0 Å². The van der Waals surface area contributed by atoms with Crippen molar-refractivity contribution in [3.05, 3.63) is 0 Å². The van der Waals surface area contributed by atoms with Gasteiger partial charge in [0.25, 0.3) is 0 Å². The zero-order valence-corrected chi connectivity index (χ0v) is 13.4. The summed E-state index contributed by atoms with van der Waals surface area (Å²) in [5.41, 5.74) is -1.23. The molecular weight excluding hydrogens is 256 g/mol. The molecule has 1 nitrogen and oxygen atoms in total. The Kier molecular flexibility index (Phi) is 5.14. The molecule has 3 heteroatoms. The fourth-order valence-electron chi connectivity index (χ4n) is 1.75. The molecule has 0 saturated carbocycles. The molecule has 14 heavy (non-hydrogen) atoms. The van der Waals surface area contributed by atoms with Crippen molar-refractivity contribution in [3.63, 3.8) is 0 Å². The van der Waals surface area contributed by atoms with Gasteiger partial charge in [0.15, 0.2) is 0 Å². The Morgan fingerprint density at radius 1 is 1.00 bits per heavy atom. The number of hydrogen-bond acceptors (Lipinski definition) is 1. The van der Waals surface area contributed by atoms with E-state index in [4.69, 9.17) is 0 Å². The summed E-state index contributed by atoms with van der Waals surface area (Å²) >= 11 is 3.51. The van der Waals surface area contributed by atoms with Crippen LogP contribution in [0.1, 0.15) is 54.9 Å². The van der Waals surface area contributed by atoms with Crippen molar-refractivity contribution in [2.45, 2.75) is 65.2 Å². The van der Waals surface area contributed by atoms with Crippen molar-refractivity contribution in [3.8, 4) is 0 Å². The Balaban J connectivity index is 4.99. The van der Waals surface area contributed by atoms with Gasteiger partial charge in [-0.1, -0.05) is 0 Å². The van der Waals surface area contributed by atoms with Crippen molar-refractivity contribution in [2.24, 2.45) is 0 Å². The van der Waals surface area contributed by atoms with Crippen LogP contribution in [0.15, 0.2) is 0 Å². The second-order valence-electron chi connectivity index (χ2n) is 5.86. The number of rotatable bonds is 3. The van der Waals surface area contributed by atoms with Crippen molar-refractivity contribution < 1.29 is 0 Å². The van der Waals surface area contributed by atoms with Gasteiger partial charge in [0.2, 0.25) is 0 Å². The molecule has 0 fully saturated rings. The molecule has 0 rings (SSSR count). The van der Waals surface area contributed by atoms with Crippen molar-refractivity contribution in [2.75, 3.05) is 6.54 Å². The average Bonchev–Trinajstić information content (AvgIpc) is 1.95. The Morgan fingerprint density at radius 3 is 1.57 bits per heavy atom. The molecule has 0 aromatic heterocycles. The van der Waals surface area contributed by atoms with E-state index in [1.54, 1.807) is 0 Å². The zero-order chi connectivity index (χ0) is 11.6. The van der Waals surface area contributed by atoms with E-state index in [9.17, 15) is 0 Å². The van der Waals surface area contributed by atoms with Gasteiger partial charge < -0.3 is 0 Å². The van der Waals surface area contributed by atoms with Crippen molar-refractivity contribution in [1.29, 1.82) is 0 Å². The number of nitrogens with one attached hydrogen (secondary N) is 1. The molecule has 1 N–H and O–H groups in total. The maximum atomic E-state index is 3.78. The van der Waals surface area contributed by atoms with E-state index in [1.165, 1.54) is 6.42 Å². The minimum atomic E-state index is -1.23. The van der Waals surface area contributed by atoms with Crippen LogP contribution in [0.4, 0.5) is 0 Å². The molecule has 0 aromatic carbocycles. The second-order valence-corrected chi connectivity index (χ2v) is 13.5. The van der Waals surface area contributed by atoms with E-state index in [-0.39, 0.29) is 0 Å². The first-order valence-electron chi connectivity index (χ1n) is 5.41. The third-order valence-corrected chi connectivity index (χ3v) is 14.6. The molecule has 86 valence electrons. The molecule has 0 spiro atoms. The zero-order valence-electron chi connectivity index (χ0n) is 10.8. The van der Waals surface area contributed by atoms with Crippen molar-refractivity contribution >= 4 is 20.8 Å². The topological polar surface area (TPSA) is 12.0 Å². The van der Waals surface area contributed by atoms with Gasteiger partial charge in [-0.15, -0.1) is 0 Å². The Bertz CT molecular complexity index is 204. The summed E-state index contributed by atoms with van der Waals surface area (Å²) < 4.78 is 0. The van der Waals surface area contributed by atoms with E-state index >= 15 is 0 Å². The van der Waals surface area contributed by atoms with Crippen LogP contribution in [0, 0.1) is 0 Å². The molecular formula is C11H26NPSe. The first-order valence-corrected chi connectivity index (χ1v) is 9.42. The Hall–Kier alpha value is 0.909. The quantitative estimate of drug-likeness (QED) is 0.616. The molecule has 0 aliphatic rings. The first kappa shape index (κ1) is 14.9. The monoisotopic (exact) mass is 283 g/mol. The van der Waals surface area contributed by atoms with E-state index < -0.39 is 5.66 Å². The maximum absolute atomic E-state index is 3.78. The van der Waals surface area contributed by atoms with Crippen LogP contribution in [-0.2, 0) is 0 Å². The molecule has 0 atom stereocenters. The summed E-state index contributed by atoms with van der Waals surface area (Å²) in [4.78, 5) is 0. The van der Waals surface area contributed by atoms with Gasteiger partial charge in [-0.3, -0.25) is 0 Å². The van der Waals surface area contributed by atoms with E-state index in [2.05, 4.69) is 68.7 Å². The molecule has 0 saturated heterocycles. The summed E-state index contributed by atoms with van der Waals surface area (Å²) in [7, 11) is 0. The molecule has 0 unspecified atom stereocenters. The van der Waals surface area contributed by atoms with Crippen LogP contribution >= 0.6 is 5.66 Å². The van der Waals surface area contributed by atoms with Gasteiger partial charge in [0, 0.05) is 0 Å². The van der Waals surface area contributed by atoms with Gasteiger partial charge in [-0.25, -0.2) is 0 Å². The Morgan fingerprint density at radius 2 is 1.36 bits per heavy atom. The second kappa shape index (κ2) is 4.83. The van der Waals surface area contributed by atoms with Gasteiger partial charge in [0.05, 0.1) is 0 Å². The molecule has 0 aliphatic carbocycles. The summed E-state index contributed by atoms with van der Waals surface area (Å²) in [6.07, 6.45) is 1.20. The first-order chi connectivity index (χ1) is 6.06. The number of hydrogen-bond donors (Lipinski definition) is 1. The van der Waals surface area contributed by atoms with Crippen LogP contribution in [0.25, 0.3) is 0 Å². The molecule has 0 heterocycles. The van der Waals surface area contributed by atoms with Gasteiger partial charge in [-0.05, 0) is 0 Å². The van der Waals surface area contributed by atoms with E-state index in [0.29, 0.717) is 10.3 Å². The predicted octanol–water partition coefficient (Wildman–Crippen LogP) is 3.60. The third-order valence-electron chi connectivity index (χ3n) is 2.47. The van der Waals surface area contributed by atoms with Crippen LogP contribution in [0.5, 0.6) is 0 Å². The van der Waals surface area contributed by atoms with Crippen molar-refractivity contribution in [1.82, 2.24) is 5.09 Å². The molecule has 0 radical (unpaired) electrons. The molecule has 0 aromatic rings. The van der Waals surface area contributed by atoms with Crippen LogP contribution in [0.2, 0.25) is 0 Å². The fraction of sp³-hybridized carbons (Fsp3) is 1.00. The van der Waals surface area contributed by atoms with E-state index in [1.807, 2.05) is 0 Å². The van der Waals surface area contributed by atoms with Gasteiger partial charge >= 0.3 is 97.6 Å². The summed E-state index contributed by atoms with van der Waals surface area (Å²) in [6, 6.07) is 0. The summed E-state index contributed by atoms with van der Waals surface area (Å²) in [5, 5.41) is 4.45. The SMILES string of the molecule is CCCNP(=[Se])(C(C)(C)C)C(C)(C)C. The average molecular weight is 282 g/mol. The van der Waals surface area contributed by atoms with Crippen LogP contribution in [0.3, 0.4) is 0 Å². The molecule has 0 bridgehead atoms. The summed E-state index contributed by atoms with van der Waals surface area (Å²) in [5.74, 6) is 0. The standard InChI is InChI=1S/C11H26NPSe/c1-8-9-12-13(14,10(2,3)4)11(5,6)7/h8-9H2,1-7H3,(H,12,14). The summed E-state index contributed by atoms with van der Waals surface area (Å²) in [6.45, 7) is 17.4. The predicted molar refractivity (Wildman–Crippen MR) is 70.5 cm³/mol. The fourth-order valence-corrected chi connectivity index (χ4v) is 5.82. The minimum absolute atomic E-state index is 0.334. The normalized spacial score (nSPS) is 14.5.